The Bertz CT molecular complexity index is 381. The SMILES string of the molecule is C=C/C(=C\C(=C)C)c1cccc(C)c1. The second kappa shape index (κ2) is 4.61. The molecule has 0 unspecified atom stereocenters. The van der Waals surface area contributed by atoms with Crippen molar-refractivity contribution in [2.24, 2.45) is 0 Å². The molecule has 0 amide bonds. The molecule has 0 bridgehead atoms. The van der Waals surface area contributed by atoms with Gasteiger partial charge < -0.3 is 0 Å². The van der Waals surface area contributed by atoms with Crippen molar-refractivity contribution in [3.05, 3.63) is 66.3 Å². The molecule has 0 saturated heterocycles. The van der Waals surface area contributed by atoms with Gasteiger partial charge in [0, 0.05) is 0 Å². The lowest BCUT2D eigenvalue weighted by Crippen LogP contribution is -1.82. The summed E-state index contributed by atoms with van der Waals surface area (Å²) in [6, 6.07) is 8.38. The molecule has 14 heavy (non-hydrogen) atoms. The summed E-state index contributed by atoms with van der Waals surface area (Å²) in [5, 5.41) is 0. The number of rotatable bonds is 3. The van der Waals surface area contributed by atoms with Crippen LogP contribution in [0.5, 0.6) is 0 Å². The molecule has 1 aromatic rings. The number of hydrogen-bond donors (Lipinski definition) is 0. The van der Waals surface area contributed by atoms with Crippen LogP contribution in [0.25, 0.3) is 5.57 Å². The van der Waals surface area contributed by atoms with E-state index in [2.05, 4.69) is 44.3 Å². The maximum absolute atomic E-state index is 3.87. The highest BCUT2D eigenvalue weighted by molar-refractivity contribution is 5.75. The van der Waals surface area contributed by atoms with E-state index >= 15 is 0 Å². The summed E-state index contributed by atoms with van der Waals surface area (Å²) in [6.45, 7) is 11.8. The van der Waals surface area contributed by atoms with Crippen LogP contribution in [-0.2, 0) is 0 Å². The van der Waals surface area contributed by atoms with E-state index in [9.17, 15) is 0 Å². The molecular formula is C14H16. The van der Waals surface area contributed by atoms with E-state index in [0.29, 0.717) is 0 Å². The molecule has 0 aliphatic heterocycles. The molecular weight excluding hydrogens is 168 g/mol. The van der Waals surface area contributed by atoms with Crippen LogP contribution in [0, 0.1) is 6.92 Å². The van der Waals surface area contributed by atoms with Crippen molar-refractivity contribution in [2.75, 3.05) is 0 Å². The molecule has 0 radical (unpaired) electrons. The van der Waals surface area contributed by atoms with Crippen molar-refractivity contribution in [1.29, 1.82) is 0 Å². The van der Waals surface area contributed by atoms with E-state index in [0.717, 1.165) is 11.1 Å². The number of allylic oxidation sites excluding steroid dienone is 4. The molecule has 1 rings (SSSR count). The van der Waals surface area contributed by atoms with Crippen molar-refractivity contribution in [3.8, 4) is 0 Å². The Hall–Kier alpha value is -1.56. The van der Waals surface area contributed by atoms with Gasteiger partial charge in [-0.15, -0.1) is 0 Å². The fourth-order valence-electron chi connectivity index (χ4n) is 1.35. The quantitative estimate of drug-likeness (QED) is 0.619. The van der Waals surface area contributed by atoms with Crippen molar-refractivity contribution in [1.82, 2.24) is 0 Å². The van der Waals surface area contributed by atoms with Crippen molar-refractivity contribution in [2.45, 2.75) is 13.8 Å². The molecule has 72 valence electrons. The van der Waals surface area contributed by atoms with E-state index in [-0.39, 0.29) is 0 Å². The van der Waals surface area contributed by atoms with Gasteiger partial charge in [-0.3, -0.25) is 0 Å². The van der Waals surface area contributed by atoms with Gasteiger partial charge in [-0.2, -0.15) is 0 Å². The smallest absolute Gasteiger partial charge is 0.0182 e. The predicted octanol–water partition coefficient (Wildman–Crippen LogP) is 4.14. The van der Waals surface area contributed by atoms with Crippen LogP contribution in [0.1, 0.15) is 18.1 Å². The Morgan fingerprint density at radius 3 is 2.57 bits per heavy atom. The second-order valence-corrected chi connectivity index (χ2v) is 3.52. The van der Waals surface area contributed by atoms with E-state index in [4.69, 9.17) is 0 Å². The van der Waals surface area contributed by atoms with Gasteiger partial charge in [0.15, 0.2) is 0 Å². The summed E-state index contributed by atoms with van der Waals surface area (Å²) in [7, 11) is 0. The Morgan fingerprint density at radius 1 is 1.36 bits per heavy atom. The lowest BCUT2D eigenvalue weighted by molar-refractivity contribution is 1.44. The maximum atomic E-state index is 3.87. The first-order chi connectivity index (χ1) is 6.63. The maximum Gasteiger partial charge on any atom is -0.0182 e. The van der Waals surface area contributed by atoms with E-state index in [1.54, 1.807) is 0 Å². The van der Waals surface area contributed by atoms with Crippen LogP contribution in [0.3, 0.4) is 0 Å². The molecule has 0 spiro atoms. The first-order valence-corrected chi connectivity index (χ1v) is 4.70. The van der Waals surface area contributed by atoms with Gasteiger partial charge in [0.05, 0.1) is 0 Å². The predicted molar refractivity (Wildman–Crippen MR) is 64.2 cm³/mol. The number of benzene rings is 1. The number of aryl methyl sites for hydroxylation is 1. The first-order valence-electron chi connectivity index (χ1n) is 4.70. The fraction of sp³-hybridized carbons (Fsp3) is 0.143. The third-order valence-electron chi connectivity index (χ3n) is 1.97. The summed E-state index contributed by atoms with van der Waals surface area (Å²) in [6.07, 6.45) is 3.91. The molecule has 0 N–H and O–H groups in total. The van der Waals surface area contributed by atoms with Crippen LogP contribution in [0.15, 0.2) is 55.1 Å². The zero-order chi connectivity index (χ0) is 10.6. The average molecular weight is 184 g/mol. The normalized spacial score (nSPS) is 11.1. The highest BCUT2D eigenvalue weighted by atomic mass is 14.0. The third-order valence-corrected chi connectivity index (χ3v) is 1.97. The van der Waals surface area contributed by atoms with E-state index in [1.165, 1.54) is 11.1 Å². The van der Waals surface area contributed by atoms with Crippen LogP contribution in [0.2, 0.25) is 0 Å². The van der Waals surface area contributed by atoms with Crippen LogP contribution in [-0.4, -0.2) is 0 Å². The van der Waals surface area contributed by atoms with Crippen molar-refractivity contribution in [3.63, 3.8) is 0 Å². The van der Waals surface area contributed by atoms with E-state index < -0.39 is 0 Å². The molecule has 1 aromatic carbocycles. The average Bonchev–Trinajstić information content (AvgIpc) is 2.14. The van der Waals surface area contributed by atoms with Crippen LogP contribution < -0.4 is 0 Å². The minimum atomic E-state index is 1.04. The van der Waals surface area contributed by atoms with Gasteiger partial charge in [0.1, 0.15) is 0 Å². The molecule has 0 aliphatic carbocycles. The van der Waals surface area contributed by atoms with Gasteiger partial charge in [-0.25, -0.2) is 0 Å². The van der Waals surface area contributed by atoms with Crippen molar-refractivity contribution >= 4 is 5.57 Å². The summed E-state index contributed by atoms with van der Waals surface area (Å²) in [5.74, 6) is 0. The monoisotopic (exact) mass is 184 g/mol. The Morgan fingerprint density at radius 2 is 2.07 bits per heavy atom. The summed E-state index contributed by atoms with van der Waals surface area (Å²) in [4.78, 5) is 0. The fourth-order valence-corrected chi connectivity index (χ4v) is 1.35. The molecule has 0 fully saturated rings. The highest BCUT2D eigenvalue weighted by Crippen LogP contribution is 2.18. The first kappa shape index (κ1) is 10.5. The lowest BCUT2D eigenvalue weighted by Gasteiger charge is -2.03. The van der Waals surface area contributed by atoms with Gasteiger partial charge >= 0.3 is 0 Å². The standard InChI is InChI=1S/C14H16/c1-5-13(9-11(2)3)14-8-6-7-12(4)10-14/h5-10H,1-2H2,3-4H3/b13-9+. The molecule has 0 atom stereocenters. The second-order valence-electron chi connectivity index (χ2n) is 3.52. The summed E-state index contributed by atoms with van der Waals surface area (Å²) < 4.78 is 0. The molecule has 0 heterocycles. The van der Waals surface area contributed by atoms with Crippen molar-refractivity contribution < 1.29 is 0 Å². The van der Waals surface area contributed by atoms with Gasteiger partial charge in [-0.05, 0) is 25.0 Å². The lowest BCUT2D eigenvalue weighted by atomic mass is 10.0. The zero-order valence-corrected chi connectivity index (χ0v) is 8.88. The summed E-state index contributed by atoms with van der Waals surface area (Å²) in [5.41, 5.74) is 4.63. The van der Waals surface area contributed by atoms with Gasteiger partial charge in [0.2, 0.25) is 0 Å². The van der Waals surface area contributed by atoms with Gasteiger partial charge in [0.25, 0.3) is 0 Å². The topological polar surface area (TPSA) is 0 Å². The Labute approximate surface area is 86.3 Å². The molecule has 0 nitrogen and oxygen atoms in total. The zero-order valence-electron chi connectivity index (χ0n) is 8.88. The highest BCUT2D eigenvalue weighted by Gasteiger charge is 1.96. The minimum Gasteiger partial charge on any atom is -0.0984 e. The third kappa shape index (κ3) is 2.74. The van der Waals surface area contributed by atoms with Crippen LogP contribution >= 0.6 is 0 Å². The van der Waals surface area contributed by atoms with E-state index in [1.807, 2.05) is 19.1 Å². The minimum absolute atomic E-state index is 1.04. The molecule has 0 aliphatic rings. The summed E-state index contributed by atoms with van der Waals surface area (Å²) >= 11 is 0. The Balaban J connectivity index is 3.13. The van der Waals surface area contributed by atoms with Gasteiger partial charge in [-0.1, -0.05) is 60.7 Å². The Kier molecular flexibility index (Phi) is 3.47. The molecule has 0 saturated carbocycles. The molecule has 0 aromatic heterocycles. The largest absolute Gasteiger partial charge is 0.0984 e. The van der Waals surface area contributed by atoms with Crippen LogP contribution in [0.4, 0.5) is 0 Å². The molecule has 0 heteroatoms. The number of hydrogen-bond acceptors (Lipinski definition) is 0.